The van der Waals surface area contributed by atoms with E-state index in [1.807, 2.05) is 19.1 Å². The van der Waals surface area contributed by atoms with Gasteiger partial charge in [0.25, 0.3) is 0 Å². The molecule has 1 aromatic carbocycles. The molecule has 1 aliphatic rings. The monoisotopic (exact) mass is 301 g/mol. The number of benzene rings is 1. The van der Waals surface area contributed by atoms with Crippen LogP contribution in [-0.2, 0) is 18.4 Å². The second kappa shape index (κ2) is 6.48. The SMILES string of the molecule is CCOc1ccc(CCc2nc(C3(N)CCCC3)no2)cc1. The van der Waals surface area contributed by atoms with Gasteiger partial charge in [-0.1, -0.05) is 30.1 Å². The molecule has 0 radical (unpaired) electrons. The zero-order valence-corrected chi connectivity index (χ0v) is 13.0. The van der Waals surface area contributed by atoms with Gasteiger partial charge in [0.1, 0.15) is 5.75 Å². The van der Waals surface area contributed by atoms with Crippen molar-refractivity contribution in [2.75, 3.05) is 6.61 Å². The first-order valence-electron chi connectivity index (χ1n) is 8.03. The van der Waals surface area contributed by atoms with Crippen molar-refractivity contribution in [2.24, 2.45) is 5.73 Å². The Balaban J connectivity index is 1.58. The maximum atomic E-state index is 6.35. The van der Waals surface area contributed by atoms with Gasteiger partial charge in [-0.15, -0.1) is 0 Å². The highest BCUT2D eigenvalue weighted by molar-refractivity contribution is 5.27. The van der Waals surface area contributed by atoms with Gasteiger partial charge in [0.15, 0.2) is 5.82 Å². The molecule has 0 saturated heterocycles. The van der Waals surface area contributed by atoms with Crippen molar-refractivity contribution in [3.8, 4) is 5.75 Å². The van der Waals surface area contributed by atoms with E-state index < -0.39 is 0 Å². The maximum absolute atomic E-state index is 6.35. The molecule has 5 heteroatoms. The fraction of sp³-hybridized carbons (Fsp3) is 0.529. The molecule has 1 aromatic heterocycles. The highest BCUT2D eigenvalue weighted by Crippen LogP contribution is 2.34. The Labute approximate surface area is 130 Å². The summed E-state index contributed by atoms with van der Waals surface area (Å²) in [6.45, 7) is 2.67. The summed E-state index contributed by atoms with van der Waals surface area (Å²) in [6.07, 6.45) is 5.79. The zero-order valence-electron chi connectivity index (χ0n) is 13.0. The summed E-state index contributed by atoms with van der Waals surface area (Å²) >= 11 is 0. The van der Waals surface area contributed by atoms with Crippen LogP contribution in [0, 0.1) is 0 Å². The molecule has 1 fully saturated rings. The molecule has 2 aromatic rings. The lowest BCUT2D eigenvalue weighted by Crippen LogP contribution is -2.34. The molecule has 0 unspecified atom stereocenters. The van der Waals surface area contributed by atoms with Crippen molar-refractivity contribution < 1.29 is 9.26 Å². The van der Waals surface area contributed by atoms with Crippen molar-refractivity contribution >= 4 is 0 Å². The summed E-state index contributed by atoms with van der Waals surface area (Å²) in [4.78, 5) is 4.50. The number of ether oxygens (including phenoxy) is 1. The van der Waals surface area contributed by atoms with E-state index in [0.717, 1.165) is 44.3 Å². The molecule has 0 amide bonds. The van der Waals surface area contributed by atoms with E-state index in [1.54, 1.807) is 0 Å². The summed E-state index contributed by atoms with van der Waals surface area (Å²) in [7, 11) is 0. The van der Waals surface area contributed by atoms with Gasteiger partial charge in [0, 0.05) is 6.42 Å². The van der Waals surface area contributed by atoms with E-state index in [1.165, 1.54) is 5.56 Å². The third kappa shape index (κ3) is 3.30. The van der Waals surface area contributed by atoms with E-state index in [0.29, 0.717) is 18.3 Å². The van der Waals surface area contributed by atoms with Crippen LogP contribution < -0.4 is 10.5 Å². The summed E-state index contributed by atoms with van der Waals surface area (Å²) in [5.74, 6) is 2.24. The molecular weight excluding hydrogens is 278 g/mol. The average molecular weight is 301 g/mol. The van der Waals surface area contributed by atoms with Gasteiger partial charge in [-0.2, -0.15) is 4.98 Å². The molecule has 1 aliphatic carbocycles. The van der Waals surface area contributed by atoms with Crippen molar-refractivity contribution in [1.82, 2.24) is 10.1 Å². The van der Waals surface area contributed by atoms with Crippen LogP contribution in [-0.4, -0.2) is 16.7 Å². The Morgan fingerprint density at radius 2 is 1.91 bits per heavy atom. The number of aromatic nitrogens is 2. The van der Waals surface area contributed by atoms with Gasteiger partial charge in [-0.3, -0.25) is 0 Å². The van der Waals surface area contributed by atoms with Crippen molar-refractivity contribution in [2.45, 2.75) is 51.0 Å². The standard InChI is InChI=1S/C17H23N3O2/c1-2-21-14-8-5-13(6-9-14)7-10-15-19-16(20-22-15)17(18)11-3-4-12-17/h5-6,8-9H,2-4,7,10-12,18H2,1H3. The molecule has 22 heavy (non-hydrogen) atoms. The molecule has 0 bridgehead atoms. The van der Waals surface area contributed by atoms with Gasteiger partial charge in [0.2, 0.25) is 5.89 Å². The second-order valence-corrected chi connectivity index (χ2v) is 5.95. The summed E-state index contributed by atoms with van der Waals surface area (Å²) in [5, 5.41) is 4.09. The van der Waals surface area contributed by atoms with Crippen LogP contribution >= 0.6 is 0 Å². The van der Waals surface area contributed by atoms with Gasteiger partial charge in [-0.25, -0.2) is 0 Å². The van der Waals surface area contributed by atoms with E-state index in [4.69, 9.17) is 15.0 Å². The molecule has 118 valence electrons. The Kier molecular flexibility index (Phi) is 4.43. The Hall–Kier alpha value is -1.88. The fourth-order valence-corrected chi connectivity index (χ4v) is 2.96. The van der Waals surface area contributed by atoms with Crippen LogP contribution in [0.2, 0.25) is 0 Å². The average Bonchev–Trinajstić information content (AvgIpc) is 3.17. The lowest BCUT2D eigenvalue weighted by molar-refractivity contribution is 0.340. The zero-order chi connectivity index (χ0) is 15.4. The molecule has 0 atom stereocenters. The molecule has 0 aliphatic heterocycles. The van der Waals surface area contributed by atoms with E-state index in [-0.39, 0.29) is 5.54 Å². The maximum Gasteiger partial charge on any atom is 0.227 e. The predicted octanol–water partition coefficient (Wildman–Crippen LogP) is 2.98. The second-order valence-electron chi connectivity index (χ2n) is 5.95. The first kappa shape index (κ1) is 15.0. The van der Waals surface area contributed by atoms with E-state index >= 15 is 0 Å². The predicted molar refractivity (Wildman–Crippen MR) is 83.7 cm³/mol. The molecule has 0 spiro atoms. The Morgan fingerprint density at radius 3 is 2.59 bits per heavy atom. The number of nitrogens with two attached hydrogens (primary N) is 1. The minimum absolute atomic E-state index is 0.374. The lowest BCUT2D eigenvalue weighted by Gasteiger charge is -2.17. The van der Waals surface area contributed by atoms with Crippen LogP contribution in [0.4, 0.5) is 0 Å². The highest BCUT2D eigenvalue weighted by atomic mass is 16.5. The minimum atomic E-state index is -0.374. The molecule has 2 N–H and O–H groups in total. The van der Waals surface area contributed by atoms with Gasteiger partial charge in [0.05, 0.1) is 12.1 Å². The first-order chi connectivity index (χ1) is 10.7. The molecule has 1 saturated carbocycles. The first-order valence-corrected chi connectivity index (χ1v) is 8.03. The number of hydrogen-bond donors (Lipinski definition) is 1. The normalized spacial score (nSPS) is 16.8. The molecule has 1 heterocycles. The lowest BCUT2D eigenvalue weighted by atomic mass is 9.99. The van der Waals surface area contributed by atoms with Gasteiger partial charge < -0.3 is 15.0 Å². The topological polar surface area (TPSA) is 74.2 Å². The van der Waals surface area contributed by atoms with Crippen molar-refractivity contribution in [3.05, 3.63) is 41.5 Å². The van der Waals surface area contributed by atoms with Crippen LogP contribution in [0.15, 0.2) is 28.8 Å². The van der Waals surface area contributed by atoms with Crippen molar-refractivity contribution in [3.63, 3.8) is 0 Å². The highest BCUT2D eigenvalue weighted by Gasteiger charge is 2.35. The van der Waals surface area contributed by atoms with Gasteiger partial charge in [-0.05, 0) is 43.9 Å². The number of aryl methyl sites for hydroxylation is 2. The third-order valence-corrected chi connectivity index (χ3v) is 4.27. The summed E-state index contributed by atoms with van der Waals surface area (Å²) in [6, 6.07) is 8.13. The number of nitrogens with zero attached hydrogens (tertiary/aromatic N) is 2. The number of hydrogen-bond acceptors (Lipinski definition) is 5. The largest absolute Gasteiger partial charge is 0.494 e. The van der Waals surface area contributed by atoms with E-state index in [9.17, 15) is 0 Å². The smallest absolute Gasteiger partial charge is 0.227 e. The third-order valence-electron chi connectivity index (χ3n) is 4.27. The molecule has 3 rings (SSSR count). The number of rotatable bonds is 6. The Morgan fingerprint density at radius 1 is 1.18 bits per heavy atom. The molecule has 5 nitrogen and oxygen atoms in total. The fourth-order valence-electron chi connectivity index (χ4n) is 2.96. The summed E-state index contributed by atoms with van der Waals surface area (Å²) in [5.41, 5.74) is 7.20. The van der Waals surface area contributed by atoms with Crippen molar-refractivity contribution in [1.29, 1.82) is 0 Å². The van der Waals surface area contributed by atoms with Crippen LogP contribution in [0.5, 0.6) is 5.75 Å². The van der Waals surface area contributed by atoms with Crippen LogP contribution in [0.3, 0.4) is 0 Å². The minimum Gasteiger partial charge on any atom is -0.494 e. The van der Waals surface area contributed by atoms with E-state index in [2.05, 4.69) is 22.3 Å². The van der Waals surface area contributed by atoms with Gasteiger partial charge >= 0.3 is 0 Å². The van der Waals surface area contributed by atoms with Crippen LogP contribution in [0.1, 0.15) is 49.9 Å². The summed E-state index contributed by atoms with van der Waals surface area (Å²) < 4.78 is 10.8. The molecular formula is C17H23N3O2. The Bertz CT molecular complexity index is 601. The quantitative estimate of drug-likeness (QED) is 0.888. The van der Waals surface area contributed by atoms with Crippen LogP contribution in [0.25, 0.3) is 0 Å².